The zero-order valence-electron chi connectivity index (χ0n) is 7.51. The summed E-state index contributed by atoms with van der Waals surface area (Å²) in [5, 5.41) is 9.02. The van der Waals surface area contributed by atoms with Crippen molar-refractivity contribution in [3.8, 4) is 0 Å². The summed E-state index contributed by atoms with van der Waals surface area (Å²) in [5.74, 6) is -2.05. The van der Waals surface area contributed by atoms with Crippen molar-refractivity contribution in [3.63, 3.8) is 0 Å². The Labute approximate surface area is 95.6 Å². The van der Waals surface area contributed by atoms with E-state index in [1.54, 1.807) is 0 Å². The molecular formula is C10H7Cl2FO2. The lowest BCUT2D eigenvalue weighted by Gasteiger charge is -2.04. The molecule has 1 aliphatic carbocycles. The fourth-order valence-electron chi connectivity index (χ4n) is 1.63. The van der Waals surface area contributed by atoms with E-state index in [4.69, 9.17) is 28.3 Å². The molecule has 0 spiro atoms. The molecule has 0 radical (unpaired) electrons. The topological polar surface area (TPSA) is 37.3 Å². The first-order valence-electron chi connectivity index (χ1n) is 4.38. The van der Waals surface area contributed by atoms with Crippen LogP contribution in [0.2, 0.25) is 10.0 Å². The molecule has 0 heterocycles. The predicted octanol–water partition coefficient (Wildman–Crippen LogP) is 3.32. The highest BCUT2D eigenvalue weighted by Gasteiger charge is 2.45. The highest BCUT2D eigenvalue weighted by Crippen LogP contribution is 2.50. The van der Waals surface area contributed by atoms with Gasteiger partial charge < -0.3 is 5.11 Å². The van der Waals surface area contributed by atoms with Crippen molar-refractivity contribution in [2.24, 2.45) is 5.92 Å². The summed E-state index contributed by atoms with van der Waals surface area (Å²) in [7, 11) is 0. The van der Waals surface area contributed by atoms with E-state index >= 15 is 0 Å². The monoisotopic (exact) mass is 248 g/mol. The summed E-state index contributed by atoms with van der Waals surface area (Å²) in [6.07, 6.45) is 0.510. The van der Waals surface area contributed by atoms with Crippen molar-refractivity contribution in [3.05, 3.63) is 33.6 Å². The number of carboxylic acids is 1. The SMILES string of the molecule is O=C(O)[C@@H]1C[C@H]1c1cc(F)c(Cl)cc1Cl. The summed E-state index contributed by atoms with van der Waals surface area (Å²) >= 11 is 11.4. The highest BCUT2D eigenvalue weighted by atomic mass is 35.5. The van der Waals surface area contributed by atoms with E-state index in [0.29, 0.717) is 17.0 Å². The molecule has 1 aliphatic rings. The van der Waals surface area contributed by atoms with E-state index in [2.05, 4.69) is 0 Å². The molecule has 0 aliphatic heterocycles. The van der Waals surface area contributed by atoms with Gasteiger partial charge in [-0.3, -0.25) is 4.79 Å². The summed E-state index contributed by atoms with van der Waals surface area (Å²) < 4.78 is 13.1. The number of carboxylic acid groups (broad SMARTS) is 1. The van der Waals surface area contributed by atoms with Crippen LogP contribution in [0.1, 0.15) is 17.9 Å². The summed E-state index contributed by atoms with van der Waals surface area (Å²) in [4.78, 5) is 10.6. The Kier molecular flexibility index (Phi) is 2.61. The van der Waals surface area contributed by atoms with Crippen LogP contribution in [0.15, 0.2) is 12.1 Å². The van der Waals surface area contributed by atoms with E-state index in [-0.39, 0.29) is 10.9 Å². The van der Waals surface area contributed by atoms with Gasteiger partial charge in [0.25, 0.3) is 0 Å². The number of aliphatic carboxylic acids is 1. The fraction of sp³-hybridized carbons (Fsp3) is 0.300. The molecule has 0 bridgehead atoms. The predicted molar refractivity (Wildman–Crippen MR) is 54.9 cm³/mol. The Morgan fingerprint density at radius 1 is 1.40 bits per heavy atom. The first kappa shape index (κ1) is 10.7. The van der Waals surface area contributed by atoms with Crippen molar-refractivity contribution < 1.29 is 14.3 Å². The minimum absolute atomic E-state index is 0.0451. The summed E-state index contributed by atoms with van der Waals surface area (Å²) in [6, 6.07) is 2.53. The quantitative estimate of drug-likeness (QED) is 0.816. The van der Waals surface area contributed by atoms with Crippen LogP contribution in [0.5, 0.6) is 0 Å². The molecule has 0 saturated heterocycles. The van der Waals surface area contributed by atoms with E-state index in [9.17, 15) is 9.18 Å². The largest absolute Gasteiger partial charge is 0.481 e. The lowest BCUT2D eigenvalue weighted by atomic mass is 10.1. The number of carbonyl (C=O) groups is 1. The van der Waals surface area contributed by atoms with Crippen LogP contribution < -0.4 is 0 Å². The fourth-order valence-corrected chi connectivity index (χ4v) is 2.16. The average molecular weight is 249 g/mol. The van der Waals surface area contributed by atoms with Gasteiger partial charge in [-0.1, -0.05) is 23.2 Å². The third-order valence-corrected chi connectivity index (χ3v) is 3.16. The molecule has 0 amide bonds. The van der Waals surface area contributed by atoms with E-state index < -0.39 is 17.7 Å². The molecule has 2 rings (SSSR count). The molecule has 0 aromatic heterocycles. The molecule has 2 atom stereocenters. The molecule has 80 valence electrons. The van der Waals surface area contributed by atoms with Gasteiger partial charge in [-0.25, -0.2) is 4.39 Å². The first-order chi connectivity index (χ1) is 7.00. The molecule has 1 aromatic carbocycles. The minimum atomic E-state index is -0.869. The Hall–Kier alpha value is -0.800. The Bertz CT molecular complexity index is 434. The van der Waals surface area contributed by atoms with Crippen molar-refractivity contribution in [1.29, 1.82) is 0 Å². The van der Waals surface area contributed by atoms with Gasteiger partial charge in [0.05, 0.1) is 10.9 Å². The summed E-state index contributed by atoms with van der Waals surface area (Å²) in [5.41, 5.74) is 0.533. The van der Waals surface area contributed by atoms with Crippen LogP contribution in [-0.4, -0.2) is 11.1 Å². The maximum Gasteiger partial charge on any atom is 0.307 e. The lowest BCUT2D eigenvalue weighted by molar-refractivity contribution is -0.138. The maximum absolute atomic E-state index is 13.1. The maximum atomic E-state index is 13.1. The smallest absolute Gasteiger partial charge is 0.307 e. The third-order valence-electron chi connectivity index (χ3n) is 2.55. The zero-order chi connectivity index (χ0) is 11.2. The van der Waals surface area contributed by atoms with Gasteiger partial charge in [0, 0.05) is 5.02 Å². The number of hydrogen-bond acceptors (Lipinski definition) is 1. The molecule has 15 heavy (non-hydrogen) atoms. The second-order valence-electron chi connectivity index (χ2n) is 3.57. The van der Waals surface area contributed by atoms with Crippen LogP contribution in [-0.2, 0) is 4.79 Å². The highest BCUT2D eigenvalue weighted by molar-refractivity contribution is 6.35. The van der Waals surface area contributed by atoms with Gasteiger partial charge in [0.1, 0.15) is 5.82 Å². The van der Waals surface area contributed by atoms with Gasteiger partial charge in [0.15, 0.2) is 0 Å². The molecular weight excluding hydrogens is 242 g/mol. The zero-order valence-corrected chi connectivity index (χ0v) is 9.02. The standard InChI is InChI=1S/C10H7Cl2FO2/c11-7-3-8(12)9(13)2-5(7)4-1-6(4)10(14)15/h2-4,6H,1H2,(H,14,15)/t4-,6+/m0/s1. The van der Waals surface area contributed by atoms with Crippen LogP contribution in [0.25, 0.3) is 0 Å². The molecule has 5 heteroatoms. The molecule has 1 fully saturated rings. The average Bonchev–Trinajstić information content (AvgIpc) is 2.90. The Balaban J connectivity index is 2.31. The van der Waals surface area contributed by atoms with Gasteiger partial charge in [0.2, 0.25) is 0 Å². The number of benzene rings is 1. The minimum Gasteiger partial charge on any atom is -0.481 e. The van der Waals surface area contributed by atoms with Crippen molar-refractivity contribution in [2.75, 3.05) is 0 Å². The van der Waals surface area contributed by atoms with Crippen LogP contribution >= 0.6 is 23.2 Å². The Morgan fingerprint density at radius 3 is 2.60 bits per heavy atom. The molecule has 2 nitrogen and oxygen atoms in total. The number of halogens is 3. The van der Waals surface area contributed by atoms with E-state index in [1.165, 1.54) is 12.1 Å². The molecule has 1 aromatic rings. The summed E-state index contributed by atoms with van der Waals surface area (Å²) in [6.45, 7) is 0. The van der Waals surface area contributed by atoms with Crippen molar-refractivity contribution in [1.82, 2.24) is 0 Å². The first-order valence-corrected chi connectivity index (χ1v) is 5.13. The number of hydrogen-bond donors (Lipinski definition) is 1. The van der Waals surface area contributed by atoms with E-state index in [0.717, 1.165) is 0 Å². The van der Waals surface area contributed by atoms with Gasteiger partial charge >= 0.3 is 5.97 Å². The van der Waals surface area contributed by atoms with Crippen molar-refractivity contribution in [2.45, 2.75) is 12.3 Å². The normalized spacial score (nSPS) is 23.9. The second kappa shape index (κ2) is 3.65. The van der Waals surface area contributed by atoms with Gasteiger partial charge in [-0.15, -0.1) is 0 Å². The molecule has 1 N–H and O–H groups in total. The molecule has 1 saturated carbocycles. The molecule has 0 unspecified atom stereocenters. The van der Waals surface area contributed by atoms with Crippen LogP contribution in [0, 0.1) is 11.7 Å². The number of rotatable bonds is 2. The van der Waals surface area contributed by atoms with E-state index in [1.807, 2.05) is 0 Å². The second-order valence-corrected chi connectivity index (χ2v) is 4.39. The van der Waals surface area contributed by atoms with Crippen LogP contribution in [0.4, 0.5) is 4.39 Å². The third kappa shape index (κ3) is 1.94. The van der Waals surface area contributed by atoms with Crippen LogP contribution in [0.3, 0.4) is 0 Å². The van der Waals surface area contributed by atoms with Crippen molar-refractivity contribution >= 4 is 29.2 Å². The van der Waals surface area contributed by atoms with Gasteiger partial charge in [-0.2, -0.15) is 0 Å². The Morgan fingerprint density at radius 2 is 2.07 bits per heavy atom. The van der Waals surface area contributed by atoms with Gasteiger partial charge in [-0.05, 0) is 30.0 Å². The lowest BCUT2D eigenvalue weighted by Crippen LogP contribution is -1.99.